The first-order valence-corrected chi connectivity index (χ1v) is 5.83. The van der Waals surface area contributed by atoms with Crippen LogP contribution in [0.25, 0.3) is 0 Å². The molecule has 0 bridgehead atoms. The van der Waals surface area contributed by atoms with Gasteiger partial charge in [-0.05, 0) is 43.3 Å². The van der Waals surface area contributed by atoms with E-state index in [0.717, 1.165) is 18.0 Å². The summed E-state index contributed by atoms with van der Waals surface area (Å²) in [4.78, 5) is 2.19. The van der Waals surface area contributed by atoms with Crippen LogP contribution in [-0.4, -0.2) is 13.6 Å². The predicted molar refractivity (Wildman–Crippen MR) is 71.9 cm³/mol. The summed E-state index contributed by atoms with van der Waals surface area (Å²) in [6, 6.07) is 17.9. The number of rotatable bonds is 4. The molecular formula is C15H17NO. The number of hydrogen-bond acceptors (Lipinski definition) is 2. The van der Waals surface area contributed by atoms with E-state index in [0.29, 0.717) is 0 Å². The summed E-state index contributed by atoms with van der Waals surface area (Å²) in [5, 5.41) is 0. The number of nitrogens with zero attached hydrogens (tertiary/aromatic N) is 1. The van der Waals surface area contributed by atoms with Gasteiger partial charge in [-0.15, -0.1) is 0 Å². The summed E-state index contributed by atoms with van der Waals surface area (Å²) in [5.74, 6) is 1.73. The van der Waals surface area contributed by atoms with Crippen molar-refractivity contribution in [3.63, 3.8) is 0 Å². The molecule has 0 atom stereocenters. The smallest absolute Gasteiger partial charge is 0.127 e. The van der Waals surface area contributed by atoms with Gasteiger partial charge in [-0.3, -0.25) is 0 Å². The molecule has 0 aromatic heterocycles. The Bertz CT molecular complexity index is 450. The molecule has 0 amide bonds. The molecule has 0 spiro atoms. The van der Waals surface area contributed by atoms with Crippen molar-refractivity contribution in [3.05, 3.63) is 54.6 Å². The SMILES string of the molecule is CCN(C)c1ccc(Oc2ccccc2)cc1. The Labute approximate surface area is 102 Å². The van der Waals surface area contributed by atoms with Gasteiger partial charge in [-0.25, -0.2) is 0 Å². The molecule has 0 radical (unpaired) electrons. The molecule has 2 aromatic rings. The van der Waals surface area contributed by atoms with Gasteiger partial charge in [-0.2, -0.15) is 0 Å². The zero-order valence-corrected chi connectivity index (χ0v) is 10.3. The molecule has 0 heterocycles. The van der Waals surface area contributed by atoms with Gasteiger partial charge >= 0.3 is 0 Å². The molecule has 2 rings (SSSR count). The molecule has 0 saturated carbocycles. The van der Waals surface area contributed by atoms with E-state index in [4.69, 9.17) is 4.74 Å². The van der Waals surface area contributed by atoms with Crippen molar-refractivity contribution >= 4 is 5.69 Å². The summed E-state index contributed by atoms with van der Waals surface area (Å²) < 4.78 is 5.73. The van der Waals surface area contributed by atoms with Crippen LogP contribution >= 0.6 is 0 Å². The normalized spacial score (nSPS) is 10.0. The van der Waals surface area contributed by atoms with E-state index >= 15 is 0 Å². The predicted octanol–water partition coefficient (Wildman–Crippen LogP) is 3.94. The van der Waals surface area contributed by atoms with Gasteiger partial charge in [0, 0.05) is 19.3 Å². The molecule has 0 fully saturated rings. The fraction of sp³-hybridized carbons (Fsp3) is 0.200. The summed E-state index contributed by atoms with van der Waals surface area (Å²) in [5.41, 5.74) is 1.20. The van der Waals surface area contributed by atoms with E-state index in [1.165, 1.54) is 5.69 Å². The molecule has 2 heteroatoms. The van der Waals surface area contributed by atoms with Crippen LogP contribution in [0.4, 0.5) is 5.69 Å². The minimum absolute atomic E-state index is 0.865. The molecule has 0 aliphatic carbocycles. The second-order valence-electron chi connectivity index (χ2n) is 3.92. The highest BCUT2D eigenvalue weighted by atomic mass is 16.5. The first-order valence-electron chi connectivity index (χ1n) is 5.83. The second-order valence-corrected chi connectivity index (χ2v) is 3.92. The van der Waals surface area contributed by atoms with E-state index in [1.54, 1.807) is 0 Å². The minimum atomic E-state index is 0.865. The van der Waals surface area contributed by atoms with Crippen molar-refractivity contribution in [1.82, 2.24) is 0 Å². The van der Waals surface area contributed by atoms with Gasteiger partial charge in [-0.1, -0.05) is 18.2 Å². The third-order valence-electron chi connectivity index (χ3n) is 2.73. The van der Waals surface area contributed by atoms with E-state index < -0.39 is 0 Å². The van der Waals surface area contributed by atoms with Crippen LogP contribution in [-0.2, 0) is 0 Å². The lowest BCUT2D eigenvalue weighted by Gasteiger charge is -2.16. The summed E-state index contributed by atoms with van der Waals surface area (Å²) in [7, 11) is 2.08. The molecule has 2 aromatic carbocycles. The molecule has 0 aliphatic rings. The molecule has 2 nitrogen and oxygen atoms in total. The van der Waals surface area contributed by atoms with Crippen LogP contribution in [0.15, 0.2) is 54.6 Å². The van der Waals surface area contributed by atoms with E-state index in [9.17, 15) is 0 Å². The molecule has 0 aliphatic heterocycles. The van der Waals surface area contributed by atoms with Gasteiger partial charge in [0.2, 0.25) is 0 Å². The highest BCUT2D eigenvalue weighted by Gasteiger charge is 1.99. The lowest BCUT2D eigenvalue weighted by Crippen LogP contribution is -2.15. The molecule has 0 saturated heterocycles. The fourth-order valence-corrected chi connectivity index (χ4v) is 1.58. The average Bonchev–Trinajstić information content (AvgIpc) is 2.40. The van der Waals surface area contributed by atoms with Crippen LogP contribution in [0.3, 0.4) is 0 Å². The van der Waals surface area contributed by atoms with E-state index in [-0.39, 0.29) is 0 Å². The lowest BCUT2D eigenvalue weighted by atomic mass is 10.3. The van der Waals surface area contributed by atoms with Crippen LogP contribution in [0.5, 0.6) is 11.5 Å². The third-order valence-corrected chi connectivity index (χ3v) is 2.73. The molecule has 88 valence electrons. The van der Waals surface area contributed by atoms with Crippen LogP contribution < -0.4 is 9.64 Å². The number of hydrogen-bond donors (Lipinski definition) is 0. The van der Waals surface area contributed by atoms with E-state index in [2.05, 4.69) is 31.0 Å². The van der Waals surface area contributed by atoms with Crippen molar-refractivity contribution in [2.75, 3.05) is 18.5 Å². The summed E-state index contributed by atoms with van der Waals surface area (Å²) >= 11 is 0. The number of benzene rings is 2. The third kappa shape index (κ3) is 3.00. The van der Waals surface area contributed by atoms with Crippen molar-refractivity contribution in [3.8, 4) is 11.5 Å². The van der Waals surface area contributed by atoms with Gasteiger partial charge in [0.05, 0.1) is 0 Å². The molecule has 0 unspecified atom stereocenters. The van der Waals surface area contributed by atoms with Crippen LogP contribution in [0.1, 0.15) is 6.92 Å². The average molecular weight is 227 g/mol. The Morgan fingerprint density at radius 3 is 2.06 bits per heavy atom. The molecule has 17 heavy (non-hydrogen) atoms. The first-order chi connectivity index (χ1) is 8.29. The van der Waals surface area contributed by atoms with Crippen molar-refractivity contribution in [1.29, 1.82) is 0 Å². The largest absolute Gasteiger partial charge is 0.457 e. The highest BCUT2D eigenvalue weighted by molar-refractivity contribution is 5.48. The maximum absolute atomic E-state index is 5.73. The van der Waals surface area contributed by atoms with E-state index in [1.807, 2.05) is 42.5 Å². The Kier molecular flexibility index (Phi) is 3.66. The topological polar surface area (TPSA) is 12.5 Å². The van der Waals surface area contributed by atoms with Crippen LogP contribution in [0, 0.1) is 0 Å². The van der Waals surface area contributed by atoms with Crippen molar-refractivity contribution in [2.24, 2.45) is 0 Å². The maximum atomic E-state index is 5.73. The van der Waals surface area contributed by atoms with Gasteiger partial charge in [0.15, 0.2) is 0 Å². The number of anilines is 1. The van der Waals surface area contributed by atoms with Gasteiger partial charge < -0.3 is 9.64 Å². The standard InChI is InChI=1S/C15H17NO/c1-3-16(2)13-9-11-15(12-10-13)17-14-7-5-4-6-8-14/h4-12H,3H2,1-2H3. The lowest BCUT2D eigenvalue weighted by molar-refractivity contribution is 0.482. The summed E-state index contributed by atoms with van der Waals surface area (Å²) in [6.45, 7) is 3.13. The fourth-order valence-electron chi connectivity index (χ4n) is 1.58. The van der Waals surface area contributed by atoms with Crippen molar-refractivity contribution in [2.45, 2.75) is 6.92 Å². The Hall–Kier alpha value is -1.96. The Morgan fingerprint density at radius 1 is 0.882 bits per heavy atom. The van der Waals surface area contributed by atoms with Gasteiger partial charge in [0.1, 0.15) is 11.5 Å². The maximum Gasteiger partial charge on any atom is 0.127 e. The quantitative estimate of drug-likeness (QED) is 0.784. The molecular weight excluding hydrogens is 210 g/mol. The number of ether oxygens (including phenoxy) is 1. The monoisotopic (exact) mass is 227 g/mol. The zero-order chi connectivity index (χ0) is 12.1. The highest BCUT2D eigenvalue weighted by Crippen LogP contribution is 2.23. The zero-order valence-electron chi connectivity index (χ0n) is 10.3. The Balaban J connectivity index is 2.08. The van der Waals surface area contributed by atoms with Crippen LogP contribution in [0.2, 0.25) is 0 Å². The Morgan fingerprint density at radius 2 is 1.47 bits per heavy atom. The van der Waals surface area contributed by atoms with Crippen molar-refractivity contribution < 1.29 is 4.74 Å². The second kappa shape index (κ2) is 5.39. The van der Waals surface area contributed by atoms with Gasteiger partial charge in [0.25, 0.3) is 0 Å². The first kappa shape index (κ1) is 11.5. The summed E-state index contributed by atoms with van der Waals surface area (Å²) in [6.07, 6.45) is 0. The minimum Gasteiger partial charge on any atom is -0.457 e. The number of para-hydroxylation sites is 1. The molecule has 0 N–H and O–H groups in total.